The minimum Gasteiger partial charge on any atom is -0.342 e. The van der Waals surface area contributed by atoms with Gasteiger partial charge in [0.15, 0.2) is 9.84 Å². The molecule has 3 rings (SSSR count). The molecule has 0 saturated carbocycles. The largest absolute Gasteiger partial charge is 0.342 e. The molecule has 0 spiro atoms. The normalized spacial score (nSPS) is 14.6. The number of thiazole rings is 1. The zero-order valence-corrected chi connectivity index (χ0v) is 14.5. The van der Waals surface area contributed by atoms with Crippen molar-refractivity contribution in [3.05, 3.63) is 40.9 Å². The van der Waals surface area contributed by atoms with Crippen molar-refractivity contribution in [3.63, 3.8) is 0 Å². The fraction of sp³-hybridized carbons (Fsp3) is 0.375. The smallest absolute Gasteiger partial charge is 0.237 e. The minimum absolute atomic E-state index is 0.186. The molecule has 1 saturated heterocycles. The van der Waals surface area contributed by atoms with Crippen molar-refractivity contribution in [2.75, 3.05) is 18.8 Å². The number of aromatic nitrogens is 1. The van der Waals surface area contributed by atoms with E-state index in [-0.39, 0.29) is 11.7 Å². The molecule has 7 heteroatoms. The quantitative estimate of drug-likeness (QED) is 0.830. The average Bonchev–Trinajstić information content (AvgIpc) is 2.84. The molecule has 0 unspecified atom stereocenters. The molecule has 0 N–H and O–H groups in total. The summed E-state index contributed by atoms with van der Waals surface area (Å²) >= 11 is 1.42. The number of benzene rings is 1. The van der Waals surface area contributed by atoms with Crippen LogP contribution in [0.15, 0.2) is 29.6 Å². The van der Waals surface area contributed by atoms with E-state index in [0.29, 0.717) is 18.8 Å². The van der Waals surface area contributed by atoms with Gasteiger partial charge < -0.3 is 4.90 Å². The van der Waals surface area contributed by atoms with Gasteiger partial charge in [0.2, 0.25) is 5.91 Å². The molecule has 0 bridgehead atoms. The van der Waals surface area contributed by atoms with Gasteiger partial charge in [-0.25, -0.2) is 13.4 Å². The first kappa shape index (κ1) is 16.1. The van der Waals surface area contributed by atoms with Crippen molar-refractivity contribution in [3.8, 4) is 10.6 Å². The number of hydrogen-bond acceptors (Lipinski definition) is 5. The maximum atomic E-state index is 12.2. The SMILES string of the molecule is Cc1ccc(-c2nc(CS(=O)(=O)CC(=O)N3CCC3)cs2)cc1. The lowest BCUT2D eigenvalue weighted by molar-refractivity contribution is -0.131. The molecule has 2 heterocycles. The number of nitrogens with zero attached hydrogens (tertiary/aromatic N) is 2. The summed E-state index contributed by atoms with van der Waals surface area (Å²) in [6, 6.07) is 7.94. The molecule has 0 aliphatic carbocycles. The Morgan fingerprint density at radius 2 is 1.96 bits per heavy atom. The van der Waals surface area contributed by atoms with Gasteiger partial charge in [-0.15, -0.1) is 11.3 Å². The third kappa shape index (κ3) is 3.97. The van der Waals surface area contributed by atoms with Crippen LogP contribution < -0.4 is 0 Å². The molecule has 0 radical (unpaired) electrons. The van der Waals surface area contributed by atoms with Crippen molar-refractivity contribution < 1.29 is 13.2 Å². The summed E-state index contributed by atoms with van der Waals surface area (Å²) in [5.74, 6) is -0.912. The lowest BCUT2D eigenvalue weighted by Crippen LogP contribution is -2.44. The first-order valence-corrected chi connectivity index (χ1v) is 10.1. The molecule has 1 aromatic carbocycles. The van der Waals surface area contributed by atoms with Crippen LogP contribution in [0.2, 0.25) is 0 Å². The van der Waals surface area contributed by atoms with E-state index in [1.807, 2.05) is 31.2 Å². The molecule has 122 valence electrons. The maximum Gasteiger partial charge on any atom is 0.237 e. The second kappa shape index (κ2) is 6.41. The fourth-order valence-corrected chi connectivity index (χ4v) is 4.51. The fourth-order valence-electron chi connectivity index (χ4n) is 2.32. The zero-order chi connectivity index (χ0) is 16.4. The highest BCUT2D eigenvalue weighted by Crippen LogP contribution is 2.25. The molecule has 23 heavy (non-hydrogen) atoms. The van der Waals surface area contributed by atoms with Gasteiger partial charge in [0.25, 0.3) is 0 Å². The number of amides is 1. The van der Waals surface area contributed by atoms with E-state index in [9.17, 15) is 13.2 Å². The third-order valence-corrected chi connectivity index (χ3v) is 6.13. The molecular formula is C16H18N2O3S2. The molecule has 1 aliphatic rings. The molecule has 0 atom stereocenters. The number of carbonyl (C=O) groups excluding carboxylic acids is 1. The van der Waals surface area contributed by atoms with Crippen LogP contribution in [0, 0.1) is 6.92 Å². The average molecular weight is 350 g/mol. The van der Waals surface area contributed by atoms with Gasteiger partial charge in [0, 0.05) is 24.0 Å². The summed E-state index contributed by atoms with van der Waals surface area (Å²) in [6.45, 7) is 3.35. The number of carbonyl (C=O) groups is 1. The summed E-state index contributed by atoms with van der Waals surface area (Å²) in [5.41, 5.74) is 2.64. The van der Waals surface area contributed by atoms with Crippen LogP contribution in [0.4, 0.5) is 0 Å². The molecule has 1 amide bonds. The number of likely N-dealkylation sites (tertiary alicyclic amines) is 1. The predicted molar refractivity (Wildman–Crippen MR) is 91.0 cm³/mol. The summed E-state index contributed by atoms with van der Waals surface area (Å²) in [5, 5.41) is 2.55. The van der Waals surface area contributed by atoms with E-state index >= 15 is 0 Å². The summed E-state index contributed by atoms with van der Waals surface area (Å²) in [4.78, 5) is 17.8. The van der Waals surface area contributed by atoms with Gasteiger partial charge in [-0.1, -0.05) is 29.8 Å². The van der Waals surface area contributed by atoms with Crippen LogP contribution in [0.5, 0.6) is 0 Å². The van der Waals surface area contributed by atoms with Crippen molar-refractivity contribution in [1.82, 2.24) is 9.88 Å². The Labute approximate surface area is 139 Å². The van der Waals surface area contributed by atoms with Crippen molar-refractivity contribution in [2.45, 2.75) is 19.1 Å². The Morgan fingerprint density at radius 3 is 2.57 bits per heavy atom. The number of rotatable bonds is 5. The Morgan fingerprint density at radius 1 is 1.26 bits per heavy atom. The van der Waals surface area contributed by atoms with Gasteiger partial charge >= 0.3 is 0 Å². The van der Waals surface area contributed by atoms with E-state index < -0.39 is 15.6 Å². The van der Waals surface area contributed by atoms with Crippen LogP contribution in [0.25, 0.3) is 10.6 Å². The molecule has 2 aromatic rings. The minimum atomic E-state index is -3.48. The second-order valence-electron chi connectivity index (χ2n) is 5.78. The van der Waals surface area contributed by atoms with E-state index in [1.54, 1.807) is 10.3 Å². The Kier molecular flexibility index (Phi) is 4.50. The highest BCUT2D eigenvalue weighted by Gasteiger charge is 2.26. The topological polar surface area (TPSA) is 67.3 Å². The van der Waals surface area contributed by atoms with E-state index in [4.69, 9.17) is 0 Å². The van der Waals surface area contributed by atoms with Crippen molar-refractivity contribution in [2.24, 2.45) is 0 Å². The maximum absolute atomic E-state index is 12.2. The van der Waals surface area contributed by atoms with Crippen LogP contribution in [0.3, 0.4) is 0 Å². The standard InChI is InChI=1S/C16H18N2O3S2/c1-12-3-5-13(6-4-12)16-17-14(9-22-16)10-23(20,21)11-15(19)18-7-2-8-18/h3-6,9H,2,7-8,10-11H2,1H3. The van der Waals surface area contributed by atoms with Gasteiger partial charge in [0.05, 0.1) is 11.4 Å². The first-order chi connectivity index (χ1) is 10.9. The highest BCUT2D eigenvalue weighted by atomic mass is 32.2. The van der Waals surface area contributed by atoms with E-state index in [1.165, 1.54) is 11.3 Å². The van der Waals surface area contributed by atoms with Crippen LogP contribution in [0.1, 0.15) is 17.7 Å². The van der Waals surface area contributed by atoms with E-state index in [2.05, 4.69) is 4.98 Å². The predicted octanol–water partition coefficient (Wildman–Crippen LogP) is 2.27. The Balaban J connectivity index is 1.68. The van der Waals surface area contributed by atoms with Gasteiger partial charge in [-0.3, -0.25) is 4.79 Å². The third-order valence-electron chi connectivity index (χ3n) is 3.77. The molecule has 1 aromatic heterocycles. The number of sulfone groups is 1. The Bertz CT molecular complexity index is 806. The number of aryl methyl sites for hydroxylation is 1. The monoisotopic (exact) mass is 350 g/mol. The van der Waals surface area contributed by atoms with Gasteiger partial charge in [0.1, 0.15) is 10.8 Å². The Hall–Kier alpha value is -1.73. The lowest BCUT2D eigenvalue weighted by Gasteiger charge is -2.30. The summed E-state index contributed by atoms with van der Waals surface area (Å²) in [7, 11) is -3.48. The van der Waals surface area contributed by atoms with Gasteiger partial charge in [-0.2, -0.15) is 0 Å². The molecular weight excluding hydrogens is 332 g/mol. The summed E-state index contributed by atoms with van der Waals surface area (Å²) < 4.78 is 24.3. The van der Waals surface area contributed by atoms with Crippen LogP contribution in [-0.2, 0) is 20.4 Å². The molecule has 1 fully saturated rings. The second-order valence-corrected chi connectivity index (χ2v) is 8.70. The number of hydrogen-bond donors (Lipinski definition) is 0. The summed E-state index contributed by atoms with van der Waals surface area (Å²) in [6.07, 6.45) is 0.956. The molecule has 5 nitrogen and oxygen atoms in total. The zero-order valence-electron chi connectivity index (χ0n) is 12.9. The van der Waals surface area contributed by atoms with Gasteiger partial charge in [-0.05, 0) is 13.3 Å². The van der Waals surface area contributed by atoms with Crippen molar-refractivity contribution >= 4 is 27.1 Å². The first-order valence-electron chi connectivity index (χ1n) is 7.43. The van der Waals surface area contributed by atoms with Crippen molar-refractivity contribution in [1.29, 1.82) is 0 Å². The lowest BCUT2D eigenvalue weighted by atomic mass is 10.2. The highest BCUT2D eigenvalue weighted by molar-refractivity contribution is 7.91. The van der Waals surface area contributed by atoms with Crippen LogP contribution in [-0.4, -0.2) is 43.1 Å². The van der Waals surface area contributed by atoms with E-state index in [0.717, 1.165) is 22.6 Å². The molecule has 1 aliphatic heterocycles. The van der Waals surface area contributed by atoms with Crippen LogP contribution >= 0.6 is 11.3 Å².